The lowest BCUT2D eigenvalue weighted by Crippen LogP contribution is -2.33. The van der Waals surface area contributed by atoms with Crippen molar-refractivity contribution in [1.82, 2.24) is 4.90 Å². The minimum absolute atomic E-state index is 0.0806. The van der Waals surface area contributed by atoms with Gasteiger partial charge >= 0.3 is 0 Å². The summed E-state index contributed by atoms with van der Waals surface area (Å²) in [5.41, 5.74) is 1.70. The number of methoxy groups -OCH3 is 2. The van der Waals surface area contributed by atoms with Gasteiger partial charge in [0.15, 0.2) is 17.3 Å². The highest BCUT2D eigenvalue weighted by atomic mass is 35.5. The minimum Gasteiger partial charge on any atom is -0.503 e. The Balaban J connectivity index is 1.67. The van der Waals surface area contributed by atoms with E-state index in [0.29, 0.717) is 33.4 Å². The highest BCUT2D eigenvalue weighted by Gasteiger charge is 2.43. The molecule has 33 heavy (non-hydrogen) atoms. The zero-order valence-electron chi connectivity index (χ0n) is 18.1. The van der Waals surface area contributed by atoms with Crippen LogP contribution in [0.3, 0.4) is 0 Å². The van der Waals surface area contributed by atoms with E-state index in [0.717, 1.165) is 5.56 Å². The molecule has 0 unspecified atom stereocenters. The fourth-order valence-corrected chi connectivity index (χ4v) is 4.74. The van der Waals surface area contributed by atoms with E-state index >= 15 is 0 Å². The number of Topliss-reactive ketones (excluding diaryl/α,β-unsaturated/α-hetero) is 1. The van der Waals surface area contributed by atoms with Crippen LogP contribution in [0.25, 0.3) is 0 Å². The zero-order valence-corrected chi connectivity index (χ0v) is 19.7. The van der Waals surface area contributed by atoms with Gasteiger partial charge in [-0.1, -0.05) is 35.9 Å². The number of ketones is 1. The lowest BCUT2D eigenvalue weighted by atomic mass is 9.95. The van der Waals surface area contributed by atoms with Gasteiger partial charge in [-0.3, -0.25) is 9.59 Å². The molecule has 1 aliphatic rings. The second-order valence-corrected chi connectivity index (χ2v) is 8.84. The number of nitrogens with zero attached hydrogens (tertiary/aromatic N) is 1. The van der Waals surface area contributed by atoms with Crippen molar-refractivity contribution in [2.45, 2.75) is 12.5 Å². The molecule has 0 spiro atoms. The molecule has 2 aromatic carbocycles. The third kappa shape index (κ3) is 4.47. The molecule has 2 heterocycles. The zero-order chi connectivity index (χ0) is 23.5. The third-order valence-corrected chi connectivity index (χ3v) is 6.69. The van der Waals surface area contributed by atoms with Crippen molar-refractivity contribution >= 4 is 34.6 Å². The van der Waals surface area contributed by atoms with Crippen LogP contribution in [0, 0.1) is 0 Å². The second kappa shape index (κ2) is 9.68. The molecule has 1 aromatic heterocycles. The molecule has 4 rings (SSSR count). The van der Waals surface area contributed by atoms with Gasteiger partial charge in [-0.2, -0.15) is 0 Å². The van der Waals surface area contributed by atoms with Gasteiger partial charge in [-0.05, 0) is 53.3 Å². The average molecular weight is 484 g/mol. The van der Waals surface area contributed by atoms with E-state index in [4.69, 9.17) is 21.1 Å². The Bertz CT molecular complexity index is 1200. The number of ether oxygens (including phenoxy) is 2. The van der Waals surface area contributed by atoms with E-state index in [2.05, 4.69) is 0 Å². The summed E-state index contributed by atoms with van der Waals surface area (Å²) >= 11 is 7.33. The van der Waals surface area contributed by atoms with Gasteiger partial charge < -0.3 is 19.5 Å². The number of carbonyl (C=O) groups excluding carboxylic acids is 2. The standard InChI is InChI=1S/C25H22ClNO5S/c1-31-18-10-5-15(14-19(18)32-2)11-12-27-22(16-6-8-17(26)9-7-16)21(24(29)25(27)30)23(28)20-4-3-13-33-20/h3-10,13-14,22,29H,11-12H2,1-2H3/t22-/m1/s1. The molecule has 8 heteroatoms. The van der Waals surface area contributed by atoms with E-state index in [-0.39, 0.29) is 17.9 Å². The van der Waals surface area contributed by atoms with Crippen molar-refractivity contribution in [3.05, 3.63) is 92.3 Å². The number of hydrogen-bond acceptors (Lipinski definition) is 6. The van der Waals surface area contributed by atoms with Crippen molar-refractivity contribution in [2.24, 2.45) is 0 Å². The van der Waals surface area contributed by atoms with Crippen molar-refractivity contribution < 1.29 is 24.2 Å². The van der Waals surface area contributed by atoms with Gasteiger partial charge in [0.05, 0.1) is 30.7 Å². The van der Waals surface area contributed by atoms with Crippen LogP contribution in [0.5, 0.6) is 11.5 Å². The fourth-order valence-electron chi connectivity index (χ4n) is 3.93. The summed E-state index contributed by atoms with van der Waals surface area (Å²) < 4.78 is 10.7. The van der Waals surface area contributed by atoms with E-state index in [1.807, 2.05) is 12.1 Å². The predicted octanol–water partition coefficient (Wildman–Crippen LogP) is 5.24. The van der Waals surface area contributed by atoms with Crippen LogP contribution < -0.4 is 9.47 Å². The SMILES string of the molecule is COc1ccc(CCN2C(=O)C(O)=C(C(=O)c3cccs3)[C@H]2c2ccc(Cl)cc2)cc1OC. The van der Waals surface area contributed by atoms with E-state index in [1.165, 1.54) is 16.2 Å². The third-order valence-electron chi connectivity index (χ3n) is 5.57. The maximum atomic E-state index is 13.2. The summed E-state index contributed by atoms with van der Waals surface area (Å²) in [6, 6.07) is 15.2. The van der Waals surface area contributed by atoms with Crippen molar-refractivity contribution in [3.8, 4) is 11.5 Å². The summed E-state index contributed by atoms with van der Waals surface area (Å²) in [4.78, 5) is 28.3. The Morgan fingerprint density at radius 1 is 1.09 bits per heavy atom. The molecule has 6 nitrogen and oxygen atoms in total. The summed E-state index contributed by atoms with van der Waals surface area (Å²) in [6.07, 6.45) is 0.490. The van der Waals surface area contributed by atoms with Gasteiger partial charge in [-0.25, -0.2) is 0 Å². The van der Waals surface area contributed by atoms with Gasteiger partial charge in [0.25, 0.3) is 5.91 Å². The molecular weight excluding hydrogens is 462 g/mol. The Morgan fingerprint density at radius 2 is 1.82 bits per heavy atom. The Labute approximate surface area is 200 Å². The molecule has 1 atom stereocenters. The largest absolute Gasteiger partial charge is 0.503 e. The van der Waals surface area contributed by atoms with Gasteiger partial charge in [0.1, 0.15) is 0 Å². The van der Waals surface area contributed by atoms with Crippen molar-refractivity contribution in [1.29, 1.82) is 0 Å². The first-order valence-electron chi connectivity index (χ1n) is 10.2. The second-order valence-electron chi connectivity index (χ2n) is 7.46. The molecule has 3 aromatic rings. The van der Waals surface area contributed by atoms with Gasteiger partial charge in [-0.15, -0.1) is 11.3 Å². The van der Waals surface area contributed by atoms with E-state index in [1.54, 1.807) is 62.1 Å². The number of hydrogen-bond donors (Lipinski definition) is 1. The van der Waals surface area contributed by atoms with Crippen molar-refractivity contribution in [3.63, 3.8) is 0 Å². The van der Waals surface area contributed by atoms with Gasteiger partial charge in [0, 0.05) is 11.6 Å². The topological polar surface area (TPSA) is 76.1 Å². The molecule has 1 N–H and O–H groups in total. The fraction of sp³-hybridized carbons (Fsp3) is 0.200. The lowest BCUT2D eigenvalue weighted by Gasteiger charge is -2.27. The number of rotatable bonds is 8. The summed E-state index contributed by atoms with van der Waals surface area (Å²) in [5, 5.41) is 13.1. The minimum atomic E-state index is -0.718. The molecule has 0 bridgehead atoms. The maximum Gasteiger partial charge on any atom is 0.290 e. The molecule has 170 valence electrons. The molecule has 0 saturated heterocycles. The number of aliphatic hydroxyl groups excluding tert-OH is 1. The predicted molar refractivity (Wildman–Crippen MR) is 127 cm³/mol. The summed E-state index contributed by atoms with van der Waals surface area (Å²) in [6.45, 7) is 0.285. The van der Waals surface area contributed by atoms with Crippen LogP contribution in [0.15, 0.2) is 71.3 Å². The highest BCUT2D eigenvalue weighted by Crippen LogP contribution is 2.40. The number of thiophene rings is 1. The highest BCUT2D eigenvalue weighted by molar-refractivity contribution is 7.12. The van der Waals surface area contributed by atoms with Crippen LogP contribution in [0.1, 0.15) is 26.8 Å². The van der Waals surface area contributed by atoms with Crippen LogP contribution >= 0.6 is 22.9 Å². The van der Waals surface area contributed by atoms with Gasteiger partial charge in [0.2, 0.25) is 5.78 Å². The summed E-state index contributed by atoms with van der Waals surface area (Å²) in [7, 11) is 3.13. The van der Waals surface area contributed by atoms with Crippen LogP contribution in [-0.4, -0.2) is 42.5 Å². The Hall–Kier alpha value is -3.29. The molecule has 0 fully saturated rings. The lowest BCUT2D eigenvalue weighted by molar-refractivity contribution is -0.129. The molecule has 0 aliphatic carbocycles. The first-order chi connectivity index (χ1) is 15.9. The number of aliphatic hydroxyl groups is 1. The average Bonchev–Trinajstić information content (AvgIpc) is 3.45. The van der Waals surface area contributed by atoms with E-state index < -0.39 is 17.7 Å². The molecule has 0 saturated carbocycles. The number of benzene rings is 2. The molecule has 1 amide bonds. The van der Waals surface area contributed by atoms with Crippen LogP contribution in [0.2, 0.25) is 5.02 Å². The molecule has 1 aliphatic heterocycles. The van der Waals surface area contributed by atoms with Crippen LogP contribution in [-0.2, 0) is 11.2 Å². The van der Waals surface area contributed by atoms with E-state index in [9.17, 15) is 14.7 Å². The Morgan fingerprint density at radius 3 is 2.45 bits per heavy atom. The monoisotopic (exact) mass is 483 g/mol. The first-order valence-corrected chi connectivity index (χ1v) is 11.5. The van der Waals surface area contributed by atoms with Crippen LogP contribution in [0.4, 0.5) is 0 Å². The number of amides is 1. The van der Waals surface area contributed by atoms with Crippen molar-refractivity contribution in [2.75, 3.05) is 20.8 Å². The number of halogens is 1. The molecule has 0 radical (unpaired) electrons. The quantitative estimate of drug-likeness (QED) is 0.443. The maximum absolute atomic E-state index is 13.2. The Kier molecular flexibility index (Phi) is 6.72. The normalized spacial score (nSPS) is 15.8. The smallest absolute Gasteiger partial charge is 0.290 e. The molecular formula is C25H22ClNO5S. The summed E-state index contributed by atoms with van der Waals surface area (Å²) in [5.74, 6) is -0.243. The number of carbonyl (C=O) groups is 2. The first kappa shape index (κ1) is 22.9.